The molecule has 78 valence electrons. The predicted molar refractivity (Wildman–Crippen MR) is 51.6 cm³/mol. The zero-order valence-corrected chi connectivity index (χ0v) is 8.14. The number of para-hydroxylation sites is 1. The molecule has 0 aromatic heterocycles. The molecular formula is C11H10O4. The summed E-state index contributed by atoms with van der Waals surface area (Å²) in [5.74, 6) is -2.80. The Morgan fingerprint density at radius 2 is 2.07 bits per heavy atom. The Hall–Kier alpha value is -1.84. The third-order valence-electron chi connectivity index (χ3n) is 2.64. The second-order valence-electron chi connectivity index (χ2n) is 3.56. The van der Waals surface area contributed by atoms with Crippen LogP contribution in [0.3, 0.4) is 0 Å². The molecule has 2 atom stereocenters. The highest BCUT2D eigenvalue weighted by Crippen LogP contribution is 2.37. The van der Waals surface area contributed by atoms with Crippen molar-refractivity contribution >= 4 is 11.9 Å². The van der Waals surface area contributed by atoms with Crippen LogP contribution in [-0.2, 0) is 9.59 Å². The van der Waals surface area contributed by atoms with Gasteiger partial charge in [0, 0.05) is 5.92 Å². The van der Waals surface area contributed by atoms with Crippen molar-refractivity contribution < 1.29 is 19.4 Å². The molecule has 1 aromatic rings. The minimum Gasteiger partial charge on any atom is -0.481 e. The fraction of sp³-hybridized carbons (Fsp3) is 0.273. The number of rotatable bonds is 1. The number of carboxylic acids is 1. The topological polar surface area (TPSA) is 63.6 Å². The fourth-order valence-electron chi connectivity index (χ4n) is 1.82. The van der Waals surface area contributed by atoms with Crippen LogP contribution >= 0.6 is 0 Å². The molecule has 4 heteroatoms. The van der Waals surface area contributed by atoms with Crippen molar-refractivity contribution in [1.82, 2.24) is 0 Å². The van der Waals surface area contributed by atoms with Crippen LogP contribution in [-0.4, -0.2) is 17.0 Å². The molecule has 0 saturated carbocycles. The monoisotopic (exact) mass is 206 g/mol. The molecule has 0 aliphatic carbocycles. The second kappa shape index (κ2) is 3.38. The molecule has 1 aliphatic rings. The summed E-state index contributed by atoms with van der Waals surface area (Å²) in [6, 6.07) is 7.00. The predicted octanol–water partition coefficient (Wildman–Crippen LogP) is 1.41. The number of aliphatic carboxylic acids is 1. The molecule has 1 aromatic carbocycles. The van der Waals surface area contributed by atoms with Gasteiger partial charge in [-0.25, -0.2) is 0 Å². The highest BCUT2D eigenvalue weighted by molar-refractivity contribution is 5.97. The van der Waals surface area contributed by atoms with E-state index in [9.17, 15) is 9.59 Å². The van der Waals surface area contributed by atoms with Crippen molar-refractivity contribution in [2.45, 2.75) is 12.8 Å². The smallest absolute Gasteiger partial charge is 0.326 e. The molecule has 1 N–H and O–H groups in total. The van der Waals surface area contributed by atoms with Crippen molar-refractivity contribution in [3.05, 3.63) is 29.8 Å². The number of hydrogen-bond donors (Lipinski definition) is 1. The first kappa shape index (κ1) is 9.71. The number of carbonyl (C=O) groups is 2. The summed E-state index contributed by atoms with van der Waals surface area (Å²) in [6.45, 7) is 1.72. The average molecular weight is 206 g/mol. The number of fused-ring (bicyclic) bond motifs is 1. The first-order chi connectivity index (χ1) is 7.11. The minimum atomic E-state index is -1.14. The number of ether oxygens (including phenoxy) is 1. The van der Waals surface area contributed by atoms with Crippen molar-refractivity contribution in [2.24, 2.45) is 5.92 Å². The minimum absolute atomic E-state index is 0.347. The molecule has 1 heterocycles. The van der Waals surface area contributed by atoms with Crippen LogP contribution in [0.25, 0.3) is 0 Å². The van der Waals surface area contributed by atoms with Crippen LogP contribution in [0.15, 0.2) is 24.3 Å². The largest absolute Gasteiger partial charge is 0.481 e. The zero-order valence-electron chi connectivity index (χ0n) is 8.14. The Morgan fingerprint density at radius 1 is 1.40 bits per heavy atom. The summed E-state index contributed by atoms with van der Waals surface area (Å²) < 4.78 is 4.96. The summed E-state index contributed by atoms with van der Waals surface area (Å²) in [5, 5.41) is 8.90. The van der Waals surface area contributed by atoms with Crippen molar-refractivity contribution in [3.8, 4) is 5.75 Å². The highest BCUT2D eigenvalue weighted by atomic mass is 16.5. The van der Waals surface area contributed by atoms with Gasteiger partial charge in [-0.1, -0.05) is 25.1 Å². The maximum Gasteiger partial charge on any atom is 0.326 e. The van der Waals surface area contributed by atoms with Gasteiger partial charge in [-0.2, -0.15) is 0 Å². The fourth-order valence-corrected chi connectivity index (χ4v) is 1.82. The number of carbonyl (C=O) groups excluding carboxylic acids is 1. The average Bonchev–Trinajstić information content (AvgIpc) is 2.17. The Morgan fingerprint density at radius 3 is 2.73 bits per heavy atom. The van der Waals surface area contributed by atoms with Gasteiger partial charge in [-0.3, -0.25) is 9.59 Å². The molecule has 0 spiro atoms. The van der Waals surface area contributed by atoms with E-state index >= 15 is 0 Å². The van der Waals surface area contributed by atoms with Crippen LogP contribution in [0.5, 0.6) is 5.75 Å². The summed E-state index contributed by atoms with van der Waals surface area (Å²) in [5.41, 5.74) is 0.768. The summed E-state index contributed by atoms with van der Waals surface area (Å²) in [4.78, 5) is 22.3. The molecule has 2 rings (SSSR count). The third-order valence-corrected chi connectivity index (χ3v) is 2.64. The van der Waals surface area contributed by atoms with E-state index in [4.69, 9.17) is 9.84 Å². The van der Waals surface area contributed by atoms with Gasteiger partial charge >= 0.3 is 11.9 Å². The van der Waals surface area contributed by atoms with E-state index in [2.05, 4.69) is 0 Å². The zero-order chi connectivity index (χ0) is 11.0. The Labute approximate surface area is 86.5 Å². The van der Waals surface area contributed by atoms with Gasteiger partial charge in [0.05, 0.1) is 0 Å². The van der Waals surface area contributed by atoms with Crippen LogP contribution in [0.2, 0.25) is 0 Å². The maximum absolute atomic E-state index is 11.4. The van der Waals surface area contributed by atoms with E-state index in [1.807, 2.05) is 0 Å². The lowest BCUT2D eigenvalue weighted by molar-refractivity contribution is -0.155. The normalized spacial score (nSPS) is 24.2. The van der Waals surface area contributed by atoms with Gasteiger partial charge in [-0.15, -0.1) is 0 Å². The quantitative estimate of drug-likeness (QED) is 0.428. The molecule has 0 amide bonds. The van der Waals surface area contributed by atoms with E-state index in [-0.39, 0.29) is 5.92 Å². The summed E-state index contributed by atoms with van der Waals surface area (Å²) in [6.07, 6.45) is 0. The third kappa shape index (κ3) is 1.48. The molecule has 0 saturated heterocycles. The number of benzene rings is 1. The van der Waals surface area contributed by atoms with Crippen LogP contribution < -0.4 is 4.74 Å². The van der Waals surface area contributed by atoms with Gasteiger partial charge in [0.1, 0.15) is 5.75 Å². The van der Waals surface area contributed by atoms with Gasteiger partial charge < -0.3 is 9.84 Å². The van der Waals surface area contributed by atoms with E-state index in [0.29, 0.717) is 5.75 Å². The van der Waals surface area contributed by atoms with Crippen LogP contribution in [0.4, 0.5) is 0 Å². The van der Waals surface area contributed by atoms with Crippen molar-refractivity contribution in [1.29, 1.82) is 0 Å². The maximum atomic E-state index is 11.4. The molecule has 4 nitrogen and oxygen atoms in total. The Kier molecular flexibility index (Phi) is 2.19. The van der Waals surface area contributed by atoms with E-state index in [0.717, 1.165) is 5.56 Å². The molecule has 0 bridgehead atoms. The van der Waals surface area contributed by atoms with Crippen molar-refractivity contribution in [2.75, 3.05) is 0 Å². The van der Waals surface area contributed by atoms with Gasteiger partial charge in [0.15, 0.2) is 5.92 Å². The number of hydrogen-bond acceptors (Lipinski definition) is 3. The highest BCUT2D eigenvalue weighted by Gasteiger charge is 2.39. The summed E-state index contributed by atoms with van der Waals surface area (Å²) in [7, 11) is 0. The van der Waals surface area contributed by atoms with Gasteiger partial charge in [-0.05, 0) is 11.6 Å². The van der Waals surface area contributed by atoms with Crippen LogP contribution in [0.1, 0.15) is 18.4 Å². The van der Waals surface area contributed by atoms with Gasteiger partial charge in [0.2, 0.25) is 0 Å². The molecule has 0 unspecified atom stereocenters. The first-order valence-electron chi connectivity index (χ1n) is 4.64. The Bertz CT molecular complexity index is 424. The first-order valence-corrected chi connectivity index (χ1v) is 4.64. The Balaban J connectivity index is 2.47. The van der Waals surface area contributed by atoms with E-state index < -0.39 is 17.9 Å². The molecular weight excluding hydrogens is 196 g/mol. The summed E-state index contributed by atoms with van der Waals surface area (Å²) >= 11 is 0. The van der Waals surface area contributed by atoms with Gasteiger partial charge in [0.25, 0.3) is 0 Å². The number of carboxylic acid groups (broad SMARTS) is 1. The lowest BCUT2D eigenvalue weighted by Crippen LogP contribution is -2.36. The van der Waals surface area contributed by atoms with E-state index in [1.165, 1.54) is 0 Å². The molecule has 15 heavy (non-hydrogen) atoms. The molecule has 1 aliphatic heterocycles. The molecule has 0 radical (unpaired) electrons. The standard InChI is InChI=1S/C11H10O4/c1-6-7-4-2-3-5-8(7)15-11(14)9(6)10(12)13/h2-6,9H,1H3,(H,12,13)/t6-,9+/m0/s1. The second-order valence-corrected chi connectivity index (χ2v) is 3.56. The van der Waals surface area contributed by atoms with Crippen LogP contribution in [0, 0.1) is 5.92 Å². The SMILES string of the molecule is C[C@H]1c2ccccc2OC(=O)[C@H]1C(=O)O. The van der Waals surface area contributed by atoms with Crippen molar-refractivity contribution in [3.63, 3.8) is 0 Å². The number of esters is 1. The molecule has 0 fully saturated rings. The lowest BCUT2D eigenvalue weighted by Gasteiger charge is -2.26. The lowest BCUT2D eigenvalue weighted by atomic mass is 9.85. The van der Waals surface area contributed by atoms with E-state index in [1.54, 1.807) is 31.2 Å².